The molecule has 176 valence electrons. The fourth-order valence-electron chi connectivity index (χ4n) is 3.31. The van der Waals surface area contributed by atoms with Crippen LogP contribution in [0.3, 0.4) is 0 Å². The third-order valence-electron chi connectivity index (χ3n) is 4.86. The van der Waals surface area contributed by atoms with Gasteiger partial charge in [-0.05, 0) is 43.2 Å². The van der Waals surface area contributed by atoms with Crippen molar-refractivity contribution in [3.05, 3.63) is 47.3 Å². The van der Waals surface area contributed by atoms with Crippen LogP contribution in [0.4, 0.5) is 17.6 Å². The Hall–Kier alpha value is -2.26. The van der Waals surface area contributed by atoms with Crippen LogP contribution in [0.2, 0.25) is 0 Å². The van der Waals surface area contributed by atoms with E-state index in [1.807, 2.05) is 0 Å². The lowest BCUT2D eigenvalue weighted by atomic mass is 10.0. The van der Waals surface area contributed by atoms with Gasteiger partial charge in [0.05, 0.1) is 5.56 Å². The molecule has 14 heteroatoms. The van der Waals surface area contributed by atoms with Gasteiger partial charge in [0, 0.05) is 18.5 Å². The molecule has 2 heterocycles. The number of rotatable bonds is 6. The molecule has 0 bridgehead atoms. The van der Waals surface area contributed by atoms with E-state index in [9.17, 15) is 35.9 Å². The van der Waals surface area contributed by atoms with Gasteiger partial charge in [0.25, 0.3) is 15.9 Å². The highest BCUT2D eigenvalue weighted by Gasteiger charge is 2.50. The minimum absolute atomic E-state index is 0.0758. The summed E-state index contributed by atoms with van der Waals surface area (Å²) in [6.07, 6.45) is -4.28. The second-order valence-electron chi connectivity index (χ2n) is 6.95. The highest BCUT2D eigenvalue weighted by Crippen LogP contribution is 2.37. The van der Waals surface area contributed by atoms with Crippen LogP contribution in [0.25, 0.3) is 0 Å². The Bertz CT molecular complexity index is 1110. The van der Waals surface area contributed by atoms with E-state index in [-0.39, 0.29) is 22.2 Å². The standard InChI is InChI=1S/C18H18F4N2O6S2/c19-12-3-4-13(18(20,21)22)11(9-12)10-30-14-5-6-15(31-14)32(28,29)24-8-2-1-7-17(24,26)16(25)23-27/h3-6,9,26-27H,1-2,7-8,10H2,(H,23,25). The van der Waals surface area contributed by atoms with Crippen LogP contribution in [0.5, 0.6) is 5.06 Å². The number of alkyl halides is 3. The highest BCUT2D eigenvalue weighted by molar-refractivity contribution is 7.91. The van der Waals surface area contributed by atoms with Gasteiger partial charge in [-0.15, -0.1) is 0 Å². The second-order valence-corrected chi connectivity index (χ2v) is 10.1. The molecule has 1 aliphatic rings. The largest absolute Gasteiger partial charge is 0.479 e. The van der Waals surface area contributed by atoms with Crippen molar-refractivity contribution in [1.29, 1.82) is 0 Å². The number of benzene rings is 1. The number of sulfonamides is 1. The predicted octanol–water partition coefficient (Wildman–Crippen LogP) is 2.85. The normalized spacial score (nSPS) is 20.2. The van der Waals surface area contributed by atoms with Crippen molar-refractivity contribution in [1.82, 2.24) is 9.79 Å². The minimum Gasteiger partial charge on any atom is -0.479 e. The third-order valence-corrected chi connectivity index (χ3v) is 8.24. The van der Waals surface area contributed by atoms with E-state index in [1.165, 1.54) is 11.5 Å². The number of halogens is 4. The Morgan fingerprint density at radius 1 is 1.25 bits per heavy atom. The molecule has 2 aromatic rings. The number of thiophene rings is 1. The first kappa shape index (κ1) is 24.4. The average molecular weight is 498 g/mol. The van der Waals surface area contributed by atoms with Gasteiger partial charge in [-0.2, -0.15) is 17.5 Å². The summed E-state index contributed by atoms with van der Waals surface area (Å²) in [5.74, 6) is -2.20. The molecule has 32 heavy (non-hydrogen) atoms. The maximum absolute atomic E-state index is 13.4. The first-order chi connectivity index (χ1) is 14.9. The van der Waals surface area contributed by atoms with E-state index in [4.69, 9.17) is 9.94 Å². The second kappa shape index (κ2) is 8.94. The minimum atomic E-state index is -4.73. The number of carbonyl (C=O) groups excluding carboxylic acids is 1. The van der Waals surface area contributed by atoms with Gasteiger partial charge in [-0.25, -0.2) is 18.3 Å². The zero-order chi connectivity index (χ0) is 23.7. The summed E-state index contributed by atoms with van der Waals surface area (Å²) in [7, 11) is -4.42. The van der Waals surface area contributed by atoms with Crippen LogP contribution < -0.4 is 10.2 Å². The lowest BCUT2D eigenvalue weighted by Crippen LogP contribution is -2.62. The van der Waals surface area contributed by atoms with Crippen molar-refractivity contribution in [2.45, 2.75) is 42.0 Å². The number of hydroxylamine groups is 1. The number of amides is 1. The molecule has 3 N–H and O–H groups in total. The molecule has 1 amide bonds. The van der Waals surface area contributed by atoms with Crippen LogP contribution in [0.15, 0.2) is 34.5 Å². The molecule has 0 radical (unpaired) electrons. The summed E-state index contributed by atoms with van der Waals surface area (Å²) < 4.78 is 84.2. The van der Waals surface area contributed by atoms with Crippen LogP contribution in [-0.2, 0) is 27.6 Å². The van der Waals surface area contributed by atoms with Crippen molar-refractivity contribution >= 4 is 27.3 Å². The Balaban J connectivity index is 1.83. The Labute approximate surface area is 184 Å². The first-order valence-corrected chi connectivity index (χ1v) is 11.4. The smallest absolute Gasteiger partial charge is 0.416 e. The molecule has 1 aromatic heterocycles. The Morgan fingerprint density at radius 2 is 1.97 bits per heavy atom. The lowest BCUT2D eigenvalue weighted by molar-refractivity contribution is -0.167. The number of nitrogens with one attached hydrogen (secondary N) is 1. The van der Waals surface area contributed by atoms with Gasteiger partial charge in [-0.3, -0.25) is 10.0 Å². The summed E-state index contributed by atoms with van der Waals surface area (Å²) in [6, 6.07) is 4.23. The van der Waals surface area contributed by atoms with Crippen LogP contribution >= 0.6 is 11.3 Å². The van der Waals surface area contributed by atoms with Gasteiger partial charge >= 0.3 is 6.18 Å². The van der Waals surface area contributed by atoms with Crippen molar-refractivity contribution in [2.24, 2.45) is 0 Å². The lowest BCUT2D eigenvalue weighted by Gasteiger charge is -2.39. The van der Waals surface area contributed by atoms with Crippen LogP contribution in [-0.4, -0.2) is 41.2 Å². The molecule has 1 unspecified atom stereocenters. The van der Waals surface area contributed by atoms with E-state index < -0.39 is 51.4 Å². The quantitative estimate of drug-likeness (QED) is 0.321. The van der Waals surface area contributed by atoms with Gasteiger partial charge < -0.3 is 9.84 Å². The monoisotopic (exact) mass is 498 g/mol. The molecular formula is C18H18F4N2O6S2. The van der Waals surface area contributed by atoms with E-state index in [0.29, 0.717) is 46.7 Å². The van der Waals surface area contributed by atoms with Crippen molar-refractivity contribution in [2.75, 3.05) is 6.54 Å². The molecule has 0 spiro atoms. The first-order valence-electron chi connectivity index (χ1n) is 9.17. The zero-order valence-electron chi connectivity index (χ0n) is 16.2. The van der Waals surface area contributed by atoms with Gasteiger partial charge in [0.1, 0.15) is 16.6 Å². The van der Waals surface area contributed by atoms with Crippen LogP contribution in [0.1, 0.15) is 30.4 Å². The number of carbonyl (C=O) groups is 1. The Kier molecular flexibility index (Phi) is 6.81. The molecule has 1 aliphatic heterocycles. The summed E-state index contributed by atoms with van der Waals surface area (Å²) in [5.41, 5.74) is -2.80. The molecule has 1 atom stereocenters. The fraction of sp³-hybridized carbons (Fsp3) is 0.389. The molecule has 0 saturated carbocycles. The van der Waals surface area contributed by atoms with E-state index in [1.54, 1.807) is 0 Å². The number of ether oxygens (including phenoxy) is 1. The summed E-state index contributed by atoms with van der Waals surface area (Å²) >= 11 is 0.558. The molecule has 3 rings (SSSR count). The Morgan fingerprint density at radius 3 is 2.62 bits per heavy atom. The topological polar surface area (TPSA) is 116 Å². The number of aliphatic hydroxyl groups is 1. The van der Waals surface area contributed by atoms with Gasteiger partial charge in [0.2, 0.25) is 5.72 Å². The SMILES string of the molecule is O=C(NO)C1(O)CCCCN1S(=O)(=O)c1ccc(OCc2cc(F)ccc2C(F)(F)F)s1. The molecule has 1 aromatic carbocycles. The van der Waals surface area contributed by atoms with Gasteiger partial charge in [-0.1, -0.05) is 11.3 Å². The number of hydrogen-bond donors (Lipinski definition) is 3. The molecule has 1 saturated heterocycles. The van der Waals surface area contributed by atoms with E-state index in [2.05, 4.69) is 0 Å². The maximum Gasteiger partial charge on any atom is 0.416 e. The summed E-state index contributed by atoms with van der Waals surface area (Å²) in [6.45, 7) is -0.869. The number of nitrogens with zero attached hydrogens (tertiary/aromatic N) is 1. The van der Waals surface area contributed by atoms with Crippen LogP contribution in [0, 0.1) is 5.82 Å². The third kappa shape index (κ3) is 4.73. The van der Waals surface area contributed by atoms with Crippen molar-refractivity contribution in [3.63, 3.8) is 0 Å². The van der Waals surface area contributed by atoms with Crippen molar-refractivity contribution < 1.29 is 45.8 Å². The van der Waals surface area contributed by atoms with Gasteiger partial charge in [0.15, 0.2) is 5.06 Å². The number of hydrogen-bond acceptors (Lipinski definition) is 7. The fourth-order valence-corrected chi connectivity index (χ4v) is 6.23. The average Bonchev–Trinajstić information content (AvgIpc) is 3.21. The highest BCUT2D eigenvalue weighted by atomic mass is 32.2. The summed E-state index contributed by atoms with van der Waals surface area (Å²) in [5, 5.41) is 19.4. The number of piperidine rings is 1. The maximum atomic E-state index is 13.4. The predicted molar refractivity (Wildman–Crippen MR) is 103 cm³/mol. The van der Waals surface area contributed by atoms with Crippen molar-refractivity contribution in [3.8, 4) is 5.06 Å². The van der Waals surface area contributed by atoms with E-state index >= 15 is 0 Å². The van der Waals surface area contributed by atoms with E-state index in [0.717, 1.165) is 6.07 Å². The zero-order valence-corrected chi connectivity index (χ0v) is 17.9. The molecular weight excluding hydrogens is 480 g/mol. The summed E-state index contributed by atoms with van der Waals surface area (Å²) in [4.78, 5) is 11.9. The molecule has 1 fully saturated rings. The molecule has 0 aliphatic carbocycles. The molecule has 8 nitrogen and oxygen atoms in total.